The Balaban J connectivity index is 2.70. The number of Topliss-reactive ketones (excluding diaryl/α,β-unsaturated/α-hetero) is 1. The molecule has 1 aromatic rings. The van der Waals surface area contributed by atoms with E-state index in [1.165, 1.54) is 12.1 Å². The van der Waals surface area contributed by atoms with Crippen molar-refractivity contribution in [3.8, 4) is 0 Å². The first kappa shape index (κ1) is 11.6. The second kappa shape index (κ2) is 5.44. The molecule has 1 rings (SSSR count). The molecule has 0 aliphatic heterocycles. The molecular weight excluding hydrogens is 191 g/mol. The van der Waals surface area contributed by atoms with Crippen molar-refractivity contribution in [2.24, 2.45) is 0 Å². The summed E-state index contributed by atoms with van der Waals surface area (Å²) in [6, 6.07) is 6.06. The van der Waals surface area contributed by atoms with Crippen LogP contribution in [0.2, 0.25) is 0 Å². The van der Waals surface area contributed by atoms with E-state index < -0.39 is 0 Å². The molecule has 0 unspecified atom stereocenters. The van der Waals surface area contributed by atoms with E-state index in [-0.39, 0.29) is 11.6 Å². The van der Waals surface area contributed by atoms with Crippen molar-refractivity contribution in [2.45, 2.75) is 26.7 Å². The first-order valence-electron chi connectivity index (χ1n) is 5.10. The van der Waals surface area contributed by atoms with Gasteiger partial charge in [0.25, 0.3) is 0 Å². The zero-order chi connectivity index (χ0) is 11.3. The zero-order valence-corrected chi connectivity index (χ0v) is 9.09. The second-order valence-electron chi connectivity index (χ2n) is 3.39. The van der Waals surface area contributed by atoms with Crippen LogP contribution in [-0.2, 0) is 11.2 Å². The molecule has 0 spiro atoms. The Morgan fingerprint density at radius 3 is 2.40 bits per heavy atom. The monoisotopic (exact) mass is 206 g/mol. The molecule has 1 aromatic carbocycles. The molecule has 0 atom stereocenters. The highest BCUT2D eigenvalue weighted by atomic mass is 19.1. The molecule has 1 nitrogen and oxygen atoms in total. The first-order valence-corrected chi connectivity index (χ1v) is 5.10. The van der Waals surface area contributed by atoms with Gasteiger partial charge in [-0.15, -0.1) is 0 Å². The fourth-order valence-electron chi connectivity index (χ4n) is 1.46. The lowest BCUT2D eigenvalue weighted by atomic mass is 10.0. The predicted molar refractivity (Wildman–Crippen MR) is 59.2 cm³/mol. The van der Waals surface area contributed by atoms with Crippen LogP contribution in [0.3, 0.4) is 0 Å². The van der Waals surface area contributed by atoms with Gasteiger partial charge in [0.05, 0.1) is 0 Å². The van der Waals surface area contributed by atoms with Gasteiger partial charge in [-0.05, 0) is 36.6 Å². The van der Waals surface area contributed by atoms with Crippen molar-refractivity contribution >= 4 is 5.78 Å². The van der Waals surface area contributed by atoms with Crippen molar-refractivity contribution in [2.75, 3.05) is 0 Å². The predicted octanol–water partition coefficient (Wildman–Crippen LogP) is 3.29. The fourth-order valence-corrected chi connectivity index (χ4v) is 1.46. The van der Waals surface area contributed by atoms with E-state index in [0.717, 1.165) is 17.6 Å². The van der Waals surface area contributed by atoms with Crippen LogP contribution in [0.15, 0.2) is 35.9 Å². The van der Waals surface area contributed by atoms with Crippen LogP contribution in [0.1, 0.15) is 25.8 Å². The van der Waals surface area contributed by atoms with Crippen LogP contribution in [0.5, 0.6) is 0 Å². The van der Waals surface area contributed by atoms with Crippen molar-refractivity contribution in [3.05, 3.63) is 47.3 Å². The van der Waals surface area contributed by atoms with Crippen LogP contribution in [0.4, 0.5) is 4.39 Å². The summed E-state index contributed by atoms with van der Waals surface area (Å²) in [5, 5.41) is 0. The molecule has 0 radical (unpaired) electrons. The Morgan fingerprint density at radius 2 is 1.93 bits per heavy atom. The number of hydrogen-bond acceptors (Lipinski definition) is 1. The molecule has 0 amide bonds. The molecule has 2 heteroatoms. The van der Waals surface area contributed by atoms with E-state index in [4.69, 9.17) is 0 Å². The molecule has 80 valence electrons. The number of ketones is 1. The van der Waals surface area contributed by atoms with E-state index in [2.05, 4.69) is 0 Å². The zero-order valence-electron chi connectivity index (χ0n) is 9.09. The molecule has 15 heavy (non-hydrogen) atoms. The molecule has 0 aliphatic carbocycles. The van der Waals surface area contributed by atoms with Crippen LogP contribution in [0.25, 0.3) is 0 Å². The third-order valence-electron chi connectivity index (χ3n) is 2.37. The van der Waals surface area contributed by atoms with Gasteiger partial charge in [0.2, 0.25) is 0 Å². The van der Waals surface area contributed by atoms with Crippen LogP contribution < -0.4 is 0 Å². The molecule has 0 aliphatic rings. The Labute approximate surface area is 89.6 Å². The van der Waals surface area contributed by atoms with E-state index in [9.17, 15) is 9.18 Å². The summed E-state index contributed by atoms with van der Waals surface area (Å²) in [4.78, 5) is 11.7. The molecule has 0 saturated heterocycles. The molecule has 0 fully saturated rings. The fraction of sp³-hybridized carbons (Fsp3) is 0.308. The molecule has 0 saturated carbocycles. The van der Waals surface area contributed by atoms with Gasteiger partial charge < -0.3 is 0 Å². The summed E-state index contributed by atoms with van der Waals surface area (Å²) in [7, 11) is 0. The van der Waals surface area contributed by atoms with Gasteiger partial charge in [-0.1, -0.05) is 25.1 Å². The standard InChI is InChI=1S/C13H15FO/c1-3-11(4-2)13(15)9-10-5-7-12(14)8-6-10/h3,5-8H,4,9H2,1-2H3/b11-3-. The Kier molecular flexibility index (Phi) is 4.22. The summed E-state index contributed by atoms with van der Waals surface area (Å²) in [6.45, 7) is 3.82. The highest BCUT2D eigenvalue weighted by Gasteiger charge is 2.07. The van der Waals surface area contributed by atoms with Gasteiger partial charge in [0.1, 0.15) is 5.82 Å². The lowest BCUT2D eigenvalue weighted by Gasteiger charge is -2.03. The van der Waals surface area contributed by atoms with Gasteiger partial charge in [0, 0.05) is 6.42 Å². The second-order valence-corrected chi connectivity index (χ2v) is 3.39. The maximum atomic E-state index is 12.6. The highest BCUT2D eigenvalue weighted by Crippen LogP contribution is 2.09. The lowest BCUT2D eigenvalue weighted by molar-refractivity contribution is -0.115. The van der Waals surface area contributed by atoms with Crippen LogP contribution >= 0.6 is 0 Å². The van der Waals surface area contributed by atoms with Crippen molar-refractivity contribution < 1.29 is 9.18 Å². The molecule has 0 N–H and O–H groups in total. The minimum absolute atomic E-state index is 0.117. The Hall–Kier alpha value is -1.44. The smallest absolute Gasteiger partial charge is 0.162 e. The average Bonchev–Trinajstić information content (AvgIpc) is 2.23. The maximum Gasteiger partial charge on any atom is 0.162 e. The number of rotatable bonds is 4. The summed E-state index contributed by atoms with van der Waals surface area (Å²) in [6.07, 6.45) is 2.94. The number of hydrogen-bond donors (Lipinski definition) is 0. The summed E-state index contributed by atoms with van der Waals surface area (Å²) < 4.78 is 12.6. The third kappa shape index (κ3) is 3.31. The quantitative estimate of drug-likeness (QED) is 0.691. The van der Waals surface area contributed by atoms with E-state index >= 15 is 0 Å². The van der Waals surface area contributed by atoms with Gasteiger partial charge in [-0.3, -0.25) is 4.79 Å². The molecule has 0 heterocycles. The minimum Gasteiger partial charge on any atom is -0.294 e. The minimum atomic E-state index is -0.270. The highest BCUT2D eigenvalue weighted by molar-refractivity contribution is 5.96. The van der Waals surface area contributed by atoms with Gasteiger partial charge in [-0.25, -0.2) is 4.39 Å². The largest absolute Gasteiger partial charge is 0.294 e. The average molecular weight is 206 g/mol. The Morgan fingerprint density at radius 1 is 1.33 bits per heavy atom. The van der Waals surface area contributed by atoms with Gasteiger partial charge in [-0.2, -0.15) is 0 Å². The SMILES string of the molecule is C/C=C(/CC)C(=O)Cc1ccc(F)cc1. The lowest BCUT2D eigenvalue weighted by Crippen LogP contribution is -2.05. The van der Waals surface area contributed by atoms with E-state index in [0.29, 0.717) is 6.42 Å². The molecule has 0 bridgehead atoms. The molecule has 0 aromatic heterocycles. The number of benzene rings is 1. The molecular formula is C13H15FO. The van der Waals surface area contributed by atoms with Crippen molar-refractivity contribution in [1.82, 2.24) is 0 Å². The summed E-state index contributed by atoms with van der Waals surface area (Å²) >= 11 is 0. The first-order chi connectivity index (χ1) is 7.17. The third-order valence-corrected chi connectivity index (χ3v) is 2.37. The van der Waals surface area contributed by atoms with E-state index in [1.54, 1.807) is 12.1 Å². The van der Waals surface area contributed by atoms with E-state index in [1.807, 2.05) is 19.9 Å². The van der Waals surface area contributed by atoms with Gasteiger partial charge >= 0.3 is 0 Å². The number of allylic oxidation sites excluding steroid dienone is 2. The van der Waals surface area contributed by atoms with Crippen molar-refractivity contribution in [1.29, 1.82) is 0 Å². The van der Waals surface area contributed by atoms with Crippen LogP contribution in [-0.4, -0.2) is 5.78 Å². The van der Waals surface area contributed by atoms with Crippen LogP contribution in [0, 0.1) is 5.82 Å². The number of carbonyl (C=O) groups is 1. The topological polar surface area (TPSA) is 17.1 Å². The van der Waals surface area contributed by atoms with Gasteiger partial charge in [0.15, 0.2) is 5.78 Å². The van der Waals surface area contributed by atoms with Crippen molar-refractivity contribution in [3.63, 3.8) is 0 Å². The summed E-state index contributed by atoms with van der Waals surface area (Å²) in [5.74, 6) is -0.153. The number of halogens is 1. The normalized spacial score (nSPS) is 11.5. The Bertz CT molecular complexity index is 363. The summed E-state index contributed by atoms with van der Waals surface area (Å²) in [5.41, 5.74) is 1.69. The number of carbonyl (C=O) groups excluding carboxylic acids is 1. The maximum absolute atomic E-state index is 12.6.